The average molecular weight is 444 g/mol. The Kier molecular flexibility index (Phi) is 6.52. The molecule has 0 aliphatic carbocycles. The molecule has 4 nitrogen and oxygen atoms in total. The maximum Gasteiger partial charge on any atom is 0.151 e. The van der Waals surface area contributed by atoms with Crippen LogP contribution in [0.15, 0.2) is 85.1 Å². The lowest BCUT2D eigenvalue weighted by molar-refractivity contribution is 0.301. The van der Waals surface area contributed by atoms with Crippen molar-refractivity contribution >= 4 is 11.6 Å². The van der Waals surface area contributed by atoms with Gasteiger partial charge in [0.15, 0.2) is 5.15 Å². The van der Waals surface area contributed by atoms with Crippen LogP contribution < -0.4 is 4.74 Å². The summed E-state index contributed by atoms with van der Waals surface area (Å²) < 4.78 is 5.91. The van der Waals surface area contributed by atoms with Crippen molar-refractivity contribution in [3.05, 3.63) is 107 Å². The van der Waals surface area contributed by atoms with Gasteiger partial charge in [0.05, 0.1) is 11.4 Å². The van der Waals surface area contributed by atoms with Crippen LogP contribution >= 0.6 is 11.6 Å². The third-order valence-corrected chi connectivity index (χ3v) is 6.34. The maximum absolute atomic E-state index is 5.91. The maximum atomic E-state index is 5.91. The van der Waals surface area contributed by atoms with Crippen LogP contribution in [0.25, 0.3) is 11.3 Å². The second-order valence-electron chi connectivity index (χ2n) is 8.31. The van der Waals surface area contributed by atoms with Gasteiger partial charge in [0.2, 0.25) is 0 Å². The predicted molar refractivity (Wildman–Crippen MR) is 129 cm³/mol. The van der Waals surface area contributed by atoms with Crippen molar-refractivity contribution in [1.82, 2.24) is 15.2 Å². The van der Waals surface area contributed by atoms with Crippen LogP contribution in [0.1, 0.15) is 37.6 Å². The zero-order valence-corrected chi connectivity index (χ0v) is 19.3. The molecular formula is C27H26ClN3O. The summed E-state index contributed by atoms with van der Waals surface area (Å²) in [6, 6.07) is 26.4. The number of aromatic nitrogens is 3. The Morgan fingerprint density at radius 1 is 0.844 bits per heavy atom. The second-order valence-corrected chi connectivity index (χ2v) is 8.70. The van der Waals surface area contributed by atoms with Gasteiger partial charge in [0.1, 0.15) is 12.4 Å². The lowest BCUT2D eigenvalue weighted by Crippen LogP contribution is -2.30. The van der Waals surface area contributed by atoms with E-state index in [1.165, 1.54) is 11.1 Å². The Morgan fingerprint density at radius 2 is 1.53 bits per heavy atom. The van der Waals surface area contributed by atoms with Gasteiger partial charge in [0.25, 0.3) is 0 Å². The van der Waals surface area contributed by atoms with Crippen LogP contribution in [-0.2, 0) is 12.0 Å². The normalized spacial score (nSPS) is 13.0. The number of halogens is 1. The molecule has 1 unspecified atom stereocenters. The highest BCUT2D eigenvalue weighted by atomic mass is 35.5. The summed E-state index contributed by atoms with van der Waals surface area (Å²) in [5, 5.41) is 8.52. The van der Waals surface area contributed by atoms with Gasteiger partial charge in [-0.15, -0.1) is 10.2 Å². The summed E-state index contributed by atoms with van der Waals surface area (Å²) in [4.78, 5) is 4.31. The van der Waals surface area contributed by atoms with E-state index in [4.69, 9.17) is 16.3 Å². The van der Waals surface area contributed by atoms with Crippen LogP contribution in [0.2, 0.25) is 5.15 Å². The first-order valence-electron chi connectivity index (χ1n) is 10.7. The van der Waals surface area contributed by atoms with Gasteiger partial charge in [0, 0.05) is 17.2 Å². The topological polar surface area (TPSA) is 47.9 Å². The molecule has 0 aliphatic rings. The van der Waals surface area contributed by atoms with Gasteiger partial charge >= 0.3 is 0 Å². The molecule has 0 bridgehead atoms. The van der Waals surface area contributed by atoms with Gasteiger partial charge in [-0.1, -0.05) is 74.8 Å². The van der Waals surface area contributed by atoms with E-state index < -0.39 is 0 Å². The molecule has 0 amide bonds. The van der Waals surface area contributed by atoms with E-state index in [1.807, 2.05) is 36.4 Å². The van der Waals surface area contributed by atoms with Crippen molar-refractivity contribution < 1.29 is 4.74 Å². The molecule has 0 fully saturated rings. The summed E-state index contributed by atoms with van der Waals surface area (Å²) in [5.74, 6) is 1.23. The fraction of sp³-hybridized carbons (Fsp3) is 0.222. The van der Waals surface area contributed by atoms with Crippen molar-refractivity contribution in [3.63, 3.8) is 0 Å². The number of rotatable bonds is 7. The van der Waals surface area contributed by atoms with Gasteiger partial charge in [-0.3, -0.25) is 4.98 Å². The molecule has 0 saturated carbocycles. The van der Waals surface area contributed by atoms with Crippen molar-refractivity contribution in [2.75, 3.05) is 0 Å². The number of pyridine rings is 1. The Balaban J connectivity index is 1.55. The zero-order chi connectivity index (χ0) is 22.6. The van der Waals surface area contributed by atoms with Crippen LogP contribution in [0.4, 0.5) is 0 Å². The van der Waals surface area contributed by atoms with E-state index in [9.17, 15) is 0 Å². The molecule has 4 rings (SSSR count). The van der Waals surface area contributed by atoms with Crippen molar-refractivity contribution in [3.8, 4) is 17.0 Å². The summed E-state index contributed by atoms with van der Waals surface area (Å²) in [7, 11) is 0. The molecule has 0 radical (unpaired) electrons. The SMILES string of the molecule is CC(C)C(C)(c1ccc(OCc2ccccn2)cc1)c1ccc(-c2ccc(Cl)nn2)cc1. The van der Waals surface area contributed by atoms with Crippen molar-refractivity contribution in [1.29, 1.82) is 0 Å². The van der Waals surface area contributed by atoms with Gasteiger partial charge < -0.3 is 4.74 Å². The fourth-order valence-corrected chi connectivity index (χ4v) is 3.93. The number of hydrogen-bond donors (Lipinski definition) is 0. The summed E-state index contributed by atoms with van der Waals surface area (Å²) in [5.41, 5.74) is 5.08. The molecule has 162 valence electrons. The summed E-state index contributed by atoms with van der Waals surface area (Å²) in [6.07, 6.45) is 1.78. The number of hydrogen-bond acceptors (Lipinski definition) is 4. The van der Waals surface area contributed by atoms with Crippen molar-refractivity contribution in [2.24, 2.45) is 5.92 Å². The van der Waals surface area contributed by atoms with Crippen LogP contribution in [0.5, 0.6) is 5.75 Å². The average Bonchev–Trinajstić information content (AvgIpc) is 2.84. The molecule has 0 spiro atoms. The molecule has 2 aromatic heterocycles. The van der Waals surface area contributed by atoms with E-state index in [2.05, 4.69) is 72.4 Å². The quantitative estimate of drug-likeness (QED) is 0.317. The highest BCUT2D eigenvalue weighted by Crippen LogP contribution is 2.40. The first-order chi connectivity index (χ1) is 15.5. The number of nitrogens with zero attached hydrogens (tertiary/aromatic N) is 3. The lowest BCUT2D eigenvalue weighted by atomic mass is 9.68. The van der Waals surface area contributed by atoms with E-state index in [0.717, 1.165) is 22.7 Å². The molecule has 2 aromatic carbocycles. The van der Waals surface area contributed by atoms with Crippen LogP contribution in [0.3, 0.4) is 0 Å². The minimum atomic E-state index is -0.149. The lowest BCUT2D eigenvalue weighted by Gasteiger charge is -2.35. The summed E-state index contributed by atoms with van der Waals surface area (Å²) in [6.45, 7) is 7.25. The highest BCUT2D eigenvalue weighted by molar-refractivity contribution is 6.29. The van der Waals surface area contributed by atoms with Gasteiger partial charge in [-0.25, -0.2) is 0 Å². The Labute approximate surface area is 194 Å². The van der Waals surface area contributed by atoms with E-state index in [0.29, 0.717) is 17.7 Å². The fourth-order valence-electron chi connectivity index (χ4n) is 3.83. The first kappa shape index (κ1) is 22.0. The predicted octanol–water partition coefficient (Wildman–Crippen LogP) is 6.73. The molecule has 0 aliphatic heterocycles. The Morgan fingerprint density at radius 3 is 2.09 bits per heavy atom. The molecule has 0 N–H and O–H groups in total. The first-order valence-corrected chi connectivity index (χ1v) is 11.1. The molecule has 0 saturated heterocycles. The Bertz CT molecular complexity index is 1140. The highest BCUT2D eigenvalue weighted by Gasteiger charge is 2.32. The number of benzene rings is 2. The summed E-state index contributed by atoms with van der Waals surface area (Å²) >= 11 is 5.86. The third kappa shape index (κ3) is 4.66. The largest absolute Gasteiger partial charge is 0.487 e. The molecule has 2 heterocycles. The van der Waals surface area contributed by atoms with E-state index in [1.54, 1.807) is 12.3 Å². The van der Waals surface area contributed by atoms with Crippen LogP contribution in [-0.4, -0.2) is 15.2 Å². The minimum Gasteiger partial charge on any atom is -0.487 e. The third-order valence-electron chi connectivity index (χ3n) is 6.13. The molecule has 1 atom stereocenters. The monoisotopic (exact) mass is 443 g/mol. The molecule has 4 aromatic rings. The molecule has 5 heteroatoms. The van der Waals surface area contributed by atoms with Crippen molar-refractivity contribution in [2.45, 2.75) is 32.8 Å². The Hall–Kier alpha value is -3.24. The second kappa shape index (κ2) is 9.49. The van der Waals surface area contributed by atoms with Gasteiger partial charge in [-0.2, -0.15) is 0 Å². The van der Waals surface area contributed by atoms with E-state index in [-0.39, 0.29) is 5.41 Å². The molecule has 32 heavy (non-hydrogen) atoms. The standard InChI is InChI=1S/C27H26ClN3O/c1-19(2)27(3,21-9-7-20(8-10-21)25-15-16-26(28)31-30-25)22-11-13-24(14-12-22)32-18-23-6-4-5-17-29-23/h4-17,19H,18H2,1-3H3. The smallest absolute Gasteiger partial charge is 0.151 e. The number of ether oxygens (including phenoxy) is 1. The van der Waals surface area contributed by atoms with Crippen LogP contribution in [0, 0.1) is 5.92 Å². The minimum absolute atomic E-state index is 0.149. The van der Waals surface area contributed by atoms with E-state index >= 15 is 0 Å². The van der Waals surface area contributed by atoms with Gasteiger partial charge in [-0.05, 0) is 53.4 Å². The zero-order valence-electron chi connectivity index (χ0n) is 18.5. The molecular weight excluding hydrogens is 418 g/mol.